The number of hydrogen-bond donors (Lipinski definition) is 1. The molecule has 3 aromatic carbocycles. The second-order valence-electron chi connectivity index (χ2n) is 7.79. The van der Waals surface area contributed by atoms with Crippen LogP contribution in [0.4, 0.5) is 5.69 Å². The van der Waals surface area contributed by atoms with E-state index in [-0.39, 0.29) is 5.41 Å². The fourth-order valence-corrected chi connectivity index (χ4v) is 5.56. The van der Waals surface area contributed by atoms with Gasteiger partial charge in [-0.3, -0.25) is 0 Å². The highest BCUT2D eigenvalue weighted by Crippen LogP contribution is 2.28. The van der Waals surface area contributed by atoms with E-state index in [1.165, 1.54) is 21.6 Å². The number of para-hydroxylation sites is 1. The molecule has 0 bridgehead atoms. The summed E-state index contributed by atoms with van der Waals surface area (Å²) in [6.45, 7) is 8.24. The number of nitrogens with one attached hydrogen (secondary N) is 1. The zero-order valence-electron chi connectivity index (χ0n) is 16.5. The smallest absolute Gasteiger partial charge is 0.239 e. The summed E-state index contributed by atoms with van der Waals surface area (Å²) < 4.78 is 6.44. The van der Waals surface area contributed by atoms with Crippen LogP contribution >= 0.6 is 0 Å². The minimum absolute atomic E-state index is 0.121. The summed E-state index contributed by atoms with van der Waals surface area (Å²) in [4.78, 5) is 0. The van der Waals surface area contributed by atoms with Crippen molar-refractivity contribution in [3.63, 3.8) is 0 Å². The van der Waals surface area contributed by atoms with Crippen molar-refractivity contribution >= 4 is 25.1 Å². The SMILES string of the molecule is CC(C)(C)c1ccccc1NCCO[SiH](c1ccccc1)c1ccccc1. The fourth-order valence-electron chi connectivity index (χ4n) is 3.29. The lowest BCUT2D eigenvalue weighted by molar-refractivity contribution is 0.349. The first-order valence-electron chi connectivity index (χ1n) is 9.60. The van der Waals surface area contributed by atoms with Gasteiger partial charge in [-0.25, -0.2) is 0 Å². The fraction of sp³-hybridized carbons (Fsp3) is 0.250. The number of anilines is 1. The van der Waals surface area contributed by atoms with Crippen molar-refractivity contribution in [3.8, 4) is 0 Å². The number of hydrogen-bond acceptors (Lipinski definition) is 2. The van der Waals surface area contributed by atoms with E-state index in [2.05, 4.69) is 111 Å². The molecule has 0 saturated heterocycles. The summed E-state index contributed by atoms with van der Waals surface area (Å²) in [7, 11) is -1.66. The lowest BCUT2D eigenvalue weighted by Gasteiger charge is -2.24. The number of rotatable bonds is 7. The van der Waals surface area contributed by atoms with Crippen molar-refractivity contribution in [1.82, 2.24) is 0 Å². The molecule has 27 heavy (non-hydrogen) atoms. The van der Waals surface area contributed by atoms with Crippen LogP contribution in [0, 0.1) is 0 Å². The Morgan fingerprint density at radius 3 is 1.81 bits per heavy atom. The summed E-state index contributed by atoms with van der Waals surface area (Å²) in [6.07, 6.45) is 0. The van der Waals surface area contributed by atoms with Gasteiger partial charge >= 0.3 is 0 Å². The van der Waals surface area contributed by atoms with Gasteiger partial charge < -0.3 is 9.74 Å². The van der Waals surface area contributed by atoms with E-state index in [1.54, 1.807) is 0 Å². The first-order valence-corrected chi connectivity index (χ1v) is 11.2. The predicted molar refractivity (Wildman–Crippen MR) is 119 cm³/mol. The van der Waals surface area contributed by atoms with Crippen molar-refractivity contribution in [3.05, 3.63) is 90.5 Å². The molecule has 0 aromatic heterocycles. The molecule has 3 rings (SSSR count). The van der Waals surface area contributed by atoms with Gasteiger partial charge in [-0.05, 0) is 27.4 Å². The lowest BCUT2D eigenvalue weighted by Crippen LogP contribution is -2.45. The third-order valence-electron chi connectivity index (χ3n) is 4.64. The highest BCUT2D eigenvalue weighted by atomic mass is 28.3. The van der Waals surface area contributed by atoms with Crippen LogP contribution in [-0.4, -0.2) is 22.2 Å². The summed E-state index contributed by atoms with van der Waals surface area (Å²) in [5.41, 5.74) is 2.66. The number of benzene rings is 3. The van der Waals surface area contributed by atoms with Crippen molar-refractivity contribution < 1.29 is 4.43 Å². The van der Waals surface area contributed by atoms with Crippen molar-refractivity contribution in [2.75, 3.05) is 18.5 Å². The Morgan fingerprint density at radius 2 is 1.26 bits per heavy atom. The zero-order chi connectivity index (χ0) is 19.1. The second-order valence-corrected chi connectivity index (χ2v) is 10.2. The third-order valence-corrected chi connectivity index (χ3v) is 7.19. The molecule has 0 aliphatic rings. The maximum atomic E-state index is 6.44. The largest absolute Gasteiger partial charge is 0.409 e. The Kier molecular flexibility index (Phi) is 6.48. The van der Waals surface area contributed by atoms with Crippen LogP contribution in [0.1, 0.15) is 26.3 Å². The Balaban J connectivity index is 1.66. The monoisotopic (exact) mass is 375 g/mol. The molecule has 0 unspecified atom stereocenters. The van der Waals surface area contributed by atoms with Gasteiger partial charge in [0.25, 0.3) is 0 Å². The van der Waals surface area contributed by atoms with E-state index < -0.39 is 9.04 Å². The van der Waals surface area contributed by atoms with Gasteiger partial charge in [-0.2, -0.15) is 0 Å². The van der Waals surface area contributed by atoms with E-state index in [0.717, 1.165) is 6.54 Å². The Hall–Kier alpha value is -2.36. The summed E-state index contributed by atoms with van der Waals surface area (Å²) in [5, 5.41) is 6.21. The third kappa shape index (κ3) is 5.31. The van der Waals surface area contributed by atoms with E-state index in [4.69, 9.17) is 4.43 Å². The van der Waals surface area contributed by atoms with Gasteiger partial charge in [0.05, 0.1) is 6.61 Å². The Bertz CT molecular complexity index is 788. The minimum Gasteiger partial charge on any atom is -0.409 e. The molecule has 3 aromatic rings. The summed E-state index contributed by atoms with van der Waals surface area (Å²) in [6, 6.07) is 29.8. The van der Waals surface area contributed by atoms with Gasteiger partial charge in [0.2, 0.25) is 9.04 Å². The topological polar surface area (TPSA) is 21.3 Å². The average molecular weight is 376 g/mol. The van der Waals surface area contributed by atoms with Crippen LogP contribution in [0.25, 0.3) is 0 Å². The van der Waals surface area contributed by atoms with Crippen LogP contribution in [0.5, 0.6) is 0 Å². The first-order chi connectivity index (χ1) is 13.1. The lowest BCUT2D eigenvalue weighted by atomic mass is 9.86. The van der Waals surface area contributed by atoms with Crippen LogP contribution in [0.3, 0.4) is 0 Å². The molecule has 0 saturated carbocycles. The van der Waals surface area contributed by atoms with Crippen LogP contribution in [-0.2, 0) is 9.84 Å². The molecule has 140 valence electrons. The Labute approximate surface area is 164 Å². The normalized spacial score (nSPS) is 11.6. The molecule has 0 radical (unpaired) electrons. The van der Waals surface area contributed by atoms with E-state index in [0.29, 0.717) is 6.61 Å². The quantitative estimate of drug-likeness (QED) is 0.499. The first kappa shape index (κ1) is 19.4. The predicted octanol–water partition coefficient (Wildman–Crippen LogP) is 3.95. The second kappa shape index (κ2) is 9.02. The van der Waals surface area contributed by atoms with Gasteiger partial charge in [0.15, 0.2) is 0 Å². The van der Waals surface area contributed by atoms with E-state index in [1.807, 2.05) is 0 Å². The van der Waals surface area contributed by atoms with Gasteiger partial charge in [-0.1, -0.05) is 99.6 Å². The van der Waals surface area contributed by atoms with E-state index >= 15 is 0 Å². The van der Waals surface area contributed by atoms with Gasteiger partial charge in [0, 0.05) is 12.2 Å². The average Bonchev–Trinajstić information content (AvgIpc) is 2.69. The standard InChI is InChI=1S/C24H29NOSi/c1-24(2,3)22-16-10-11-17-23(22)25-18-19-26-27(20-12-6-4-7-13-20)21-14-8-5-9-15-21/h4-17,25,27H,18-19H2,1-3H3. The molecule has 3 heteroatoms. The van der Waals surface area contributed by atoms with E-state index in [9.17, 15) is 0 Å². The van der Waals surface area contributed by atoms with Crippen molar-refractivity contribution in [1.29, 1.82) is 0 Å². The molecule has 0 fully saturated rings. The van der Waals surface area contributed by atoms with Crippen LogP contribution in [0.15, 0.2) is 84.9 Å². The summed E-state index contributed by atoms with van der Waals surface area (Å²) >= 11 is 0. The molecule has 2 nitrogen and oxygen atoms in total. The highest BCUT2D eigenvalue weighted by Gasteiger charge is 2.18. The minimum atomic E-state index is -1.66. The zero-order valence-corrected chi connectivity index (χ0v) is 17.6. The molecule has 0 amide bonds. The molecule has 1 N–H and O–H groups in total. The Morgan fingerprint density at radius 1 is 0.741 bits per heavy atom. The van der Waals surface area contributed by atoms with Crippen molar-refractivity contribution in [2.45, 2.75) is 26.2 Å². The molecule has 0 spiro atoms. The molecule has 0 atom stereocenters. The maximum Gasteiger partial charge on any atom is 0.239 e. The maximum absolute atomic E-state index is 6.44. The highest BCUT2D eigenvalue weighted by molar-refractivity contribution is 6.80. The molecular weight excluding hydrogens is 346 g/mol. The molecular formula is C24H29NOSi. The van der Waals surface area contributed by atoms with Gasteiger partial charge in [0.1, 0.15) is 0 Å². The molecule has 0 aliphatic carbocycles. The van der Waals surface area contributed by atoms with Crippen LogP contribution < -0.4 is 15.7 Å². The molecule has 0 heterocycles. The van der Waals surface area contributed by atoms with Crippen molar-refractivity contribution in [2.24, 2.45) is 0 Å². The summed E-state index contributed by atoms with van der Waals surface area (Å²) in [5.74, 6) is 0. The van der Waals surface area contributed by atoms with Gasteiger partial charge in [-0.15, -0.1) is 0 Å². The van der Waals surface area contributed by atoms with Crippen LogP contribution in [0.2, 0.25) is 0 Å². The molecule has 0 aliphatic heterocycles.